The Balaban J connectivity index is 2.56. The predicted octanol–water partition coefficient (Wildman–Crippen LogP) is 2.55. The lowest BCUT2D eigenvalue weighted by Gasteiger charge is -2.18. The van der Waals surface area contributed by atoms with Crippen LogP contribution < -0.4 is 10.1 Å². The van der Waals surface area contributed by atoms with E-state index >= 15 is 0 Å². The van der Waals surface area contributed by atoms with E-state index in [0.717, 1.165) is 12.8 Å². The number of benzene rings is 1. The average Bonchev–Trinajstić information content (AvgIpc) is 2.47. The maximum atomic E-state index is 11.9. The number of carbonyl (C=O) groups is 2. The highest BCUT2D eigenvalue weighted by Crippen LogP contribution is 2.14. The summed E-state index contributed by atoms with van der Waals surface area (Å²) < 4.78 is 10.2. The van der Waals surface area contributed by atoms with Gasteiger partial charge in [0.25, 0.3) is 5.91 Å². The number of esters is 1. The van der Waals surface area contributed by atoms with Gasteiger partial charge in [0.1, 0.15) is 5.75 Å². The van der Waals surface area contributed by atoms with Crippen molar-refractivity contribution in [2.24, 2.45) is 0 Å². The molecule has 0 saturated heterocycles. The fourth-order valence-corrected chi connectivity index (χ4v) is 1.91. The molecular weight excluding hydrogens is 270 g/mol. The average molecular weight is 293 g/mol. The van der Waals surface area contributed by atoms with Gasteiger partial charge in [-0.15, -0.1) is 0 Å². The molecule has 0 bridgehead atoms. The van der Waals surface area contributed by atoms with Crippen molar-refractivity contribution in [2.45, 2.75) is 45.8 Å². The van der Waals surface area contributed by atoms with Gasteiger partial charge in [-0.1, -0.05) is 13.3 Å². The molecule has 0 aromatic heterocycles. The first-order chi connectivity index (χ1) is 9.97. The Labute approximate surface area is 125 Å². The molecule has 2 atom stereocenters. The molecule has 1 aromatic carbocycles. The first kappa shape index (κ1) is 17.0. The summed E-state index contributed by atoms with van der Waals surface area (Å²) in [4.78, 5) is 23.3. The highest BCUT2D eigenvalue weighted by Gasteiger charge is 2.16. The van der Waals surface area contributed by atoms with Crippen molar-refractivity contribution in [1.29, 1.82) is 0 Å². The second kappa shape index (κ2) is 8.29. The fourth-order valence-electron chi connectivity index (χ4n) is 1.91. The van der Waals surface area contributed by atoms with Gasteiger partial charge in [-0.05, 0) is 44.5 Å². The standard InChI is InChI=1S/C16H23NO4/c1-5-6-11(2)17-15(18)12(3)21-14-9-7-13(8-10-14)16(19)20-4/h7-12H,5-6H2,1-4H3,(H,17,18). The number of ether oxygens (including phenoxy) is 2. The summed E-state index contributed by atoms with van der Waals surface area (Å²) in [6.45, 7) is 5.74. The van der Waals surface area contributed by atoms with Gasteiger partial charge in [0.2, 0.25) is 0 Å². The summed E-state index contributed by atoms with van der Waals surface area (Å²) in [7, 11) is 1.33. The number of hydrogen-bond acceptors (Lipinski definition) is 4. The zero-order chi connectivity index (χ0) is 15.8. The van der Waals surface area contributed by atoms with E-state index < -0.39 is 12.1 Å². The predicted molar refractivity (Wildman–Crippen MR) is 80.4 cm³/mol. The van der Waals surface area contributed by atoms with Crippen molar-refractivity contribution in [3.05, 3.63) is 29.8 Å². The van der Waals surface area contributed by atoms with Crippen LogP contribution in [0.2, 0.25) is 0 Å². The minimum absolute atomic E-state index is 0.134. The van der Waals surface area contributed by atoms with Crippen LogP contribution in [0, 0.1) is 0 Å². The molecule has 5 nitrogen and oxygen atoms in total. The van der Waals surface area contributed by atoms with Gasteiger partial charge in [-0.2, -0.15) is 0 Å². The van der Waals surface area contributed by atoms with E-state index in [1.807, 2.05) is 6.92 Å². The number of carbonyl (C=O) groups excluding carboxylic acids is 2. The van der Waals surface area contributed by atoms with Crippen LogP contribution in [0.3, 0.4) is 0 Å². The number of nitrogens with one attached hydrogen (secondary N) is 1. The third-order valence-corrected chi connectivity index (χ3v) is 3.07. The van der Waals surface area contributed by atoms with Crippen molar-refractivity contribution in [1.82, 2.24) is 5.32 Å². The highest BCUT2D eigenvalue weighted by molar-refractivity contribution is 5.89. The van der Waals surface area contributed by atoms with Crippen molar-refractivity contribution >= 4 is 11.9 Å². The minimum Gasteiger partial charge on any atom is -0.481 e. The van der Waals surface area contributed by atoms with Gasteiger partial charge in [-0.3, -0.25) is 4.79 Å². The van der Waals surface area contributed by atoms with E-state index in [9.17, 15) is 9.59 Å². The van der Waals surface area contributed by atoms with E-state index in [4.69, 9.17) is 4.74 Å². The first-order valence-electron chi connectivity index (χ1n) is 7.13. The normalized spacial score (nSPS) is 13.1. The third kappa shape index (κ3) is 5.45. The summed E-state index contributed by atoms with van der Waals surface area (Å²) in [5.41, 5.74) is 0.443. The molecule has 0 aliphatic rings. The Bertz CT molecular complexity index is 470. The molecule has 116 valence electrons. The summed E-state index contributed by atoms with van der Waals surface area (Å²) in [5, 5.41) is 2.90. The van der Waals surface area contributed by atoms with Gasteiger partial charge < -0.3 is 14.8 Å². The quantitative estimate of drug-likeness (QED) is 0.785. The van der Waals surface area contributed by atoms with E-state index in [1.54, 1.807) is 31.2 Å². The van der Waals surface area contributed by atoms with Crippen LogP contribution in [-0.2, 0) is 9.53 Å². The lowest BCUT2D eigenvalue weighted by Crippen LogP contribution is -2.41. The Morgan fingerprint density at radius 1 is 1.19 bits per heavy atom. The molecule has 21 heavy (non-hydrogen) atoms. The maximum absolute atomic E-state index is 11.9. The topological polar surface area (TPSA) is 64.6 Å². The molecule has 0 saturated carbocycles. The molecule has 1 rings (SSSR count). The largest absolute Gasteiger partial charge is 0.481 e. The number of rotatable bonds is 7. The van der Waals surface area contributed by atoms with Gasteiger partial charge >= 0.3 is 5.97 Å². The molecule has 0 aliphatic heterocycles. The van der Waals surface area contributed by atoms with E-state index in [-0.39, 0.29) is 11.9 Å². The van der Waals surface area contributed by atoms with Crippen molar-refractivity contribution < 1.29 is 19.1 Å². The van der Waals surface area contributed by atoms with Gasteiger partial charge in [0.05, 0.1) is 12.7 Å². The molecule has 1 amide bonds. The monoisotopic (exact) mass is 293 g/mol. The lowest BCUT2D eigenvalue weighted by atomic mass is 10.2. The molecule has 2 unspecified atom stereocenters. The Morgan fingerprint density at radius 3 is 2.33 bits per heavy atom. The number of hydrogen-bond donors (Lipinski definition) is 1. The van der Waals surface area contributed by atoms with Crippen LogP contribution in [0.4, 0.5) is 0 Å². The zero-order valence-electron chi connectivity index (χ0n) is 13.0. The molecule has 5 heteroatoms. The lowest BCUT2D eigenvalue weighted by molar-refractivity contribution is -0.127. The second-order valence-corrected chi connectivity index (χ2v) is 4.97. The summed E-state index contributed by atoms with van der Waals surface area (Å²) in [6, 6.07) is 6.63. The van der Waals surface area contributed by atoms with Crippen LogP contribution in [0.5, 0.6) is 5.75 Å². The summed E-state index contributed by atoms with van der Waals surface area (Å²) >= 11 is 0. The Hall–Kier alpha value is -2.04. The SMILES string of the molecule is CCCC(C)NC(=O)C(C)Oc1ccc(C(=O)OC)cc1. The molecule has 0 spiro atoms. The molecular formula is C16H23NO4. The van der Waals surface area contributed by atoms with Gasteiger partial charge in [0, 0.05) is 6.04 Å². The van der Waals surface area contributed by atoms with Crippen molar-refractivity contribution in [3.8, 4) is 5.75 Å². The Kier molecular flexibility index (Phi) is 6.72. The summed E-state index contributed by atoms with van der Waals surface area (Å²) in [6.07, 6.45) is 1.37. The molecule has 0 heterocycles. The van der Waals surface area contributed by atoms with Crippen molar-refractivity contribution in [3.63, 3.8) is 0 Å². The first-order valence-corrected chi connectivity index (χ1v) is 7.13. The second-order valence-electron chi connectivity index (χ2n) is 4.97. The van der Waals surface area contributed by atoms with Gasteiger partial charge in [-0.25, -0.2) is 4.79 Å². The molecule has 1 N–H and O–H groups in total. The molecule has 0 fully saturated rings. The van der Waals surface area contributed by atoms with E-state index in [0.29, 0.717) is 11.3 Å². The fraction of sp³-hybridized carbons (Fsp3) is 0.500. The van der Waals surface area contributed by atoms with Crippen LogP contribution in [0.15, 0.2) is 24.3 Å². The number of methoxy groups -OCH3 is 1. The highest BCUT2D eigenvalue weighted by atomic mass is 16.5. The van der Waals surface area contributed by atoms with Crippen LogP contribution in [0.25, 0.3) is 0 Å². The van der Waals surface area contributed by atoms with E-state index in [2.05, 4.69) is 17.0 Å². The molecule has 1 aromatic rings. The maximum Gasteiger partial charge on any atom is 0.337 e. The van der Waals surface area contributed by atoms with Gasteiger partial charge in [0.15, 0.2) is 6.10 Å². The van der Waals surface area contributed by atoms with Crippen LogP contribution >= 0.6 is 0 Å². The molecule has 0 radical (unpaired) electrons. The number of amides is 1. The summed E-state index contributed by atoms with van der Waals surface area (Å²) in [5.74, 6) is -0.0119. The van der Waals surface area contributed by atoms with Crippen LogP contribution in [0.1, 0.15) is 44.0 Å². The van der Waals surface area contributed by atoms with E-state index in [1.165, 1.54) is 7.11 Å². The Morgan fingerprint density at radius 2 is 1.81 bits per heavy atom. The van der Waals surface area contributed by atoms with Crippen LogP contribution in [-0.4, -0.2) is 31.1 Å². The molecule has 0 aliphatic carbocycles. The zero-order valence-corrected chi connectivity index (χ0v) is 13.0. The third-order valence-electron chi connectivity index (χ3n) is 3.07. The minimum atomic E-state index is -0.590. The smallest absolute Gasteiger partial charge is 0.337 e. The van der Waals surface area contributed by atoms with Crippen molar-refractivity contribution in [2.75, 3.05) is 7.11 Å².